The van der Waals surface area contributed by atoms with Gasteiger partial charge in [-0.1, -0.05) is 0 Å². The van der Waals surface area contributed by atoms with E-state index in [9.17, 15) is 0 Å². The molecule has 0 bridgehead atoms. The molecule has 3 heterocycles. The Morgan fingerprint density at radius 2 is 2.35 bits per heavy atom. The topological polar surface area (TPSA) is 40.7 Å². The largest absolute Gasteiger partial charge is 0.346 e. The summed E-state index contributed by atoms with van der Waals surface area (Å²) >= 11 is 0. The van der Waals surface area contributed by atoms with Crippen LogP contribution in [0.4, 0.5) is 0 Å². The molecule has 1 aliphatic heterocycles. The molecular formula is C13H18ClN3. The summed E-state index contributed by atoms with van der Waals surface area (Å²) in [6.45, 7) is 2.34. The summed E-state index contributed by atoms with van der Waals surface area (Å²) in [4.78, 5) is 7.56. The van der Waals surface area contributed by atoms with E-state index in [1.54, 1.807) is 0 Å². The van der Waals surface area contributed by atoms with Crippen molar-refractivity contribution in [1.29, 1.82) is 0 Å². The Morgan fingerprint density at radius 1 is 1.41 bits per heavy atom. The van der Waals surface area contributed by atoms with Crippen molar-refractivity contribution in [2.24, 2.45) is 5.92 Å². The van der Waals surface area contributed by atoms with E-state index in [1.807, 2.05) is 12.4 Å². The lowest BCUT2D eigenvalue weighted by Gasteiger charge is -2.22. The zero-order valence-corrected chi connectivity index (χ0v) is 10.6. The van der Waals surface area contributed by atoms with E-state index in [-0.39, 0.29) is 12.4 Å². The molecule has 0 aliphatic carbocycles. The first kappa shape index (κ1) is 12.4. The Bertz CT molecular complexity index is 474. The van der Waals surface area contributed by atoms with Gasteiger partial charge >= 0.3 is 0 Å². The van der Waals surface area contributed by atoms with Gasteiger partial charge in [-0.2, -0.15) is 0 Å². The van der Waals surface area contributed by atoms with Crippen LogP contribution in [0.3, 0.4) is 0 Å². The highest BCUT2D eigenvalue weighted by atomic mass is 35.5. The fraction of sp³-hybridized carbons (Fsp3) is 0.462. The quantitative estimate of drug-likeness (QED) is 0.861. The Kier molecular flexibility index (Phi) is 4.02. The van der Waals surface area contributed by atoms with Gasteiger partial charge in [0.15, 0.2) is 0 Å². The minimum Gasteiger partial charge on any atom is -0.346 e. The van der Waals surface area contributed by atoms with E-state index in [1.165, 1.54) is 30.3 Å². The molecule has 92 valence electrons. The second-order valence-corrected chi connectivity index (χ2v) is 4.68. The Morgan fingerprint density at radius 3 is 3.18 bits per heavy atom. The molecule has 3 rings (SSSR count). The van der Waals surface area contributed by atoms with Crippen molar-refractivity contribution in [1.82, 2.24) is 15.3 Å². The number of nitrogens with zero attached hydrogens (tertiary/aromatic N) is 1. The number of aromatic nitrogens is 2. The van der Waals surface area contributed by atoms with Crippen LogP contribution in [0, 0.1) is 5.92 Å². The van der Waals surface area contributed by atoms with Crippen molar-refractivity contribution < 1.29 is 0 Å². The number of pyridine rings is 1. The summed E-state index contributed by atoms with van der Waals surface area (Å²) in [5.74, 6) is 0.784. The molecule has 3 nitrogen and oxygen atoms in total. The predicted molar refractivity (Wildman–Crippen MR) is 72.6 cm³/mol. The molecule has 0 radical (unpaired) electrons. The molecule has 17 heavy (non-hydrogen) atoms. The number of halogens is 1. The molecule has 2 aromatic heterocycles. The van der Waals surface area contributed by atoms with Crippen LogP contribution in [-0.2, 0) is 6.42 Å². The van der Waals surface area contributed by atoms with Gasteiger partial charge < -0.3 is 10.3 Å². The third-order valence-corrected chi connectivity index (χ3v) is 3.38. The zero-order valence-electron chi connectivity index (χ0n) is 9.78. The lowest BCUT2D eigenvalue weighted by molar-refractivity contribution is 0.376. The van der Waals surface area contributed by atoms with Crippen molar-refractivity contribution in [3.8, 4) is 0 Å². The van der Waals surface area contributed by atoms with Crippen molar-refractivity contribution >= 4 is 23.4 Å². The SMILES string of the molecule is Cl.c1cc2cc(CC3CCCNC3)cnc2[nH]1. The van der Waals surface area contributed by atoms with E-state index < -0.39 is 0 Å². The van der Waals surface area contributed by atoms with Gasteiger partial charge in [0.1, 0.15) is 5.65 Å². The third-order valence-electron chi connectivity index (χ3n) is 3.38. The first-order chi connectivity index (χ1) is 7.92. The summed E-state index contributed by atoms with van der Waals surface area (Å²) < 4.78 is 0. The molecule has 0 spiro atoms. The average Bonchev–Trinajstić information content (AvgIpc) is 2.77. The van der Waals surface area contributed by atoms with Crippen molar-refractivity contribution in [2.45, 2.75) is 19.3 Å². The van der Waals surface area contributed by atoms with Crippen molar-refractivity contribution in [3.63, 3.8) is 0 Å². The first-order valence-corrected chi connectivity index (χ1v) is 6.04. The van der Waals surface area contributed by atoms with E-state index >= 15 is 0 Å². The lowest BCUT2D eigenvalue weighted by atomic mass is 9.93. The minimum absolute atomic E-state index is 0. The molecule has 1 aliphatic rings. The fourth-order valence-corrected chi connectivity index (χ4v) is 2.53. The van der Waals surface area contributed by atoms with Gasteiger partial charge in [0, 0.05) is 17.8 Å². The monoisotopic (exact) mass is 251 g/mol. The van der Waals surface area contributed by atoms with Gasteiger partial charge in [0.25, 0.3) is 0 Å². The summed E-state index contributed by atoms with van der Waals surface area (Å²) in [6, 6.07) is 4.35. The number of piperidine rings is 1. The van der Waals surface area contributed by atoms with Gasteiger partial charge in [-0.05, 0) is 56.0 Å². The molecule has 1 atom stereocenters. The maximum absolute atomic E-state index is 4.43. The molecule has 0 aromatic carbocycles. The van der Waals surface area contributed by atoms with Crippen LogP contribution < -0.4 is 5.32 Å². The molecule has 4 heteroatoms. The van der Waals surface area contributed by atoms with Gasteiger partial charge in [-0.15, -0.1) is 12.4 Å². The molecule has 0 saturated carbocycles. The lowest BCUT2D eigenvalue weighted by Crippen LogP contribution is -2.30. The summed E-state index contributed by atoms with van der Waals surface area (Å²) in [5, 5.41) is 4.68. The van der Waals surface area contributed by atoms with Gasteiger partial charge in [0.05, 0.1) is 0 Å². The maximum Gasteiger partial charge on any atom is 0.137 e. The predicted octanol–water partition coefficient (Wildman–Crippen LogP) is 2.53. The molecule has 1 fully saturated rings. The highest BCUT2D eigenvalue weighted by Crippen LogP contribution is 2.18. The number of hydrogen-bond acceptors (Lipinski definition) is 2. The molecule has 1 unspecified atom stereocenters. The number of H-pyrrole nitrogens is 1. The maximum atomic E-state index is 4.43. The average molecular weight is 252 g/mol. The number of nitrogens with one attached hydrogen (secondary N) is 2. The minimum atomic E-state index is 0. The Balaban J connectivity index is 0.00000108. The summed E-state index contributed by atoms with van der Waals surface area (Å²) in [6.07, 6.45) is 7.76. The van der Waals surface area contributed by atoms with Crippen molar-refractivity contribution in [2.75, 3.05) is 13.1 Å². The molecule has 0 amide bonds. The number of aromatic amines is 1. The van der Waals surface area contributed by atoms with E-state index in [0.29, 0.717) is 0 Å². The van der Waals surface area contributed by atoms with Crippen LogP contribution in [0.5, 0.6) is 0 Å². The highest BCUT2D eigenvalue weighted by Gasteiger charge is 2.13. The van der Waals surface area contributed by atoms with E-state index in [2.05, 4.69) is 27.4 Å². The Hall–Kier alpha value is -1.06. The second-order valence-electron chi connectivity index (χ2n) is 4.68. The molecule has 2 aromatic rings. The molecule has 2 N–H and O–H groups in total. The first-order valence-electron chi connectivity index (χ1n) is 6.04. The second kappa shape index (κ2) is 5.52. The van der Waals surface area contributed by atoms with Crippen LogP contribution >= 0.6 is 12.4 Å². The number of fused-ring (bicyclic) bond motifs is 1. The van der Waals surface area contributed by atoms with Crippen LogP contribution in [0.15, 0.2) is 24.5 Å². The van der Waals surface area contributed by atoms with Gasteiger partial charge in [-0.25, -0.2) is 4.98 Å². The van der Waals surface area contributed by atoms with E-state index in [4.69, 9.17) is 0 Å². The van der Waals surface area contributed by atoms with Gasteiger partial charge in [0.2, 0.25) is 0 Å². The van der Waals surface area contributed by atoms with E-state index in [0.717, 1.165) is 24.5 Å². The van der Waals surface area contributed by atoms with Crippen LogP contribution in [0.25, 0.3) is 11.0 Å². The van der Waals surface area contributed by atoms with Crippen LogP contribution in [0.1, 0.15) is 18.4 Å². The Labute approximate surface area is 107 Å². The third kappa shape index (κ3) is 2.79. The molecular weight excluding hydrogens is 234 g/mol. The number of rotatable bonds is 2. The zero-order chi connectivity index (χ0) is 10.8. The normalized spacial score (nSPS) is 20.1. The molecule has 1 saturated heterocycles. The summed E-state index contributed by atoms with van der Waals surface area (Å²) in [5.41, 5.74) is 2.35. The van der Waals surface area contributed by atoms with Crippen LogP contribution in [0.2, 0.25) is 0 Å². The van der Waals surface area contributed by atoms with Gasteiger partial charge in [-0.3, -0.25) is 0 Å². The highest BCUT2D eigenvalue weighted by molar-refractivity contribution is 5.85. The fourth-order valence-electron chi connectivity index (χ4n) is 2.53. The smallest absolute Gasteiger partial charge is 0.137 e. The van der Waals surface area contributed by atoms with Crippen LogP contribution in [-0.4, -0.2) is 23.1 Å². The van der Waals surface area contributed by atoms with Crippen molar-refractivity contribution in [3.05, 3.63) is 30.1 Å². The number of hydrogen-bond donors (Lipinski definition) is 2. The summed E-state index contributed by atoms with van der Waals surface area (Å²) in [7, 11) is 0. The standard InChI is InChI=1S/C13H17N3.ClH/c1-2-10(8-14-4-1)6-11-7-12-3-5-15-13(12)16-9-11;/h3,5,7,9-10,14H,1-2,4,6,8H2,(H,15,16);1H.